The fourth-order valence-electron chi connectivity index (χ4n) is 3.54. The molecule has 1 saturated heterocycles. The third kappa shape index (κ3) is 2.23. The molecule has 2 aliphatic rings. The third-order valence-corrected chi connectivity index (χ3v) is 4.98. The van der Waals surface area contributed by atoms with Gasteiger partial charge in [-0.25, -0.2) is 0 Å². The molecule has 1 amide bonds. The van der Waals surface area contributed by atoms with Crippen molar-refractivity contribution in [3.8, 4) is 0 Å². The smallest absolute Gasteiger partial charge is 0.249 e. The number of hydrogen-bond donors (Lipinski definition) is 2. The molecule has 3 rings (SSSR count). The number of carbonyl (C=O) groups is 1. The van der Waals surface area contributed by atoms with Gasteiger partial charge in [0.1, 0.15) is 0 Å². The van der Waals surface area contributed by atoms with Gasteiger partial charge in [-0.1, -0.05) is 5.57 Å². The summed E-state index contributed by atoms with van der Waals surface area (Å²) in [5, 5.41) is 3.41. The largest absolute Gasteiger partial charge is 0.370 e. The van der Waals surface area contributed by atoms with Crippen molar-refractivity contribution < 1.29 is 4.79 Å². The Kier molecular flexibility index (Phi) is 3.49. The quantitative estimate of drug-likeness (QED) is 0.892. The summed E-state index contributed by atoms with van der Waals surface area (Å²) in [7, 11) is 2.15. The van der Waals surface area contributed by atoms with E-state index >= 15 is 0 Å². The number of primary amides is 1. The number of nitrogens with zero attached hydrogens (tertiary/aromatic N) is 1. The molecule has 1 aromatic carbocycles. The van der Waals surface area contributed by atoms with Crippen molar-refractivity contribution in [2.75, 3.05) is 25.0 Å². The fraction of sp³-hybridized carbons (Fsp3) is 0.471. The topological polar surface area (TPSA) is 58.4 Å². The van der Waals surface area contributed by atoms with Gasteiger partial charge in [0.05, 0.1) is 0 Å². The Balaban J connectivity index is 2.10. The average Bonchev–Trinajstić information content (AvgIpc) is 3.07. The van der Waals surface area contributed by atoms with Crippen molar-refractivity contribution in [3.63, 3.8) is 0 Å². The first-order chi connectivity index (χ1) is 10.0. The maximum Gasteiger partial charge on any atom is 0.249 e. The summed E-state index contributed by atoms with van der Waals surface area (Å²) in [4.78, 5) is 14.0. The summed E-state index contributed by atoms with van der Waals surface area (Å²) in [5.74, 6) is -0.328. The molecule has 4 nitrogen and oxygen atoms in total. The van der Waals surface area contributed by atoms with Gasteiger partial charge in [0.15, 0.2) is 0 Å². The van der Waals surface area contributed by atoms with Crippen molar-refractivity contribution in [3.05, 3.63) is 34.4 Å². The zero-order valence-electron chi connectivity index (χ0n) is 13.0. The molecular formula is C17H23N3O. The Bertz CT molecular complexity index is 627. The molecule has 4 heteroatoms. The maximum atomic E-state index is 11.7. The summed E-state index contributed by atoms with van der Waals surface area (Å²) >= 11 is 0. The SMILES string of the molecule is CC1=C(C)c2c(N(C)[C@@H]3CCNC3)ccc(C(N)=O)c2C1. The average molecular weight is 285 g/mol. The van der Waals surface area contributed by atoms with Gasteiger partial charge in [0.25, 0.3) is 0 Å². The van der Waals surface area contributed by atoms with E-state index in [9.17, 15) is 4.79 Å². The number of allylic oxidation sites excluding steroid dienone is 2. The number of benzene rings is 1. The van der Waals surface area contributed by atoms with Crippen LogP contribution in [0.3, 0.4) is 0 Å². The minimum atomic E-state index is -0.328. The summed E-state index contributed by atoms with van der Waals surface area (Å²) in [6.45, 7) is 6.38. The van der Waals surface area contributed by atoms with Gasteiger partial charge in [-0.05, 0) is 56.5 Å². The van der Waals surface area contributed by atoms with Crippen molar-refractivity contribution in [2.24, 2.45) is 5.73 Å². The molecule has 0 aromatic heterocycles. The van der Waals surface area contributed by atoms with Crippen LogP contribution in [0.15, 0.2) is 17.7 Å². The number of likely N-dealkylation sites (N-methyl/N-ethyl adjacent to an activating group) is 1. The lowest BCUT2D eigenvalue weighted by Crippen LogP contribution is -2.34. The van der Waals surface area contributed by atoms with Crippen LogP contribution in [0, 0.1) is 0 Å². The molecule has 1 aliphatic heterocycles. The lowest BCUT2D eigenvalue weighted by Gasteiger charge is -2.29. The third-order valence-electron chi connectivity index (χ3n) is 4.98. The Hall–Kier alpha value is -1.81. The van der Waals surface area contributed by atoms with E-state index in [1.165, 1.54) is 22.4 Å². The standard InChI is InChI=1S/C17H23N3O/c1-10-8-14-13(17(18)21)4-5-15(16(14)11(10)2)20(3)12-6-7-19-9-12/h4-5,12,19H,6-9H2,1-3H3,(H2,18,21)/t12-/m1/s1. The van der Waals surface area contributed by atoms with E-state index in [2.05, 4.69) is 37.2 Å². The number of anilines is 1. The molecule has 0 spiro atoms. The van der Waals surface area contributed by atoms with Crippen LogP contribution in [0.25, 0.3) is 5.57 Å². The van der Waals surface area contributed by atoms with E-state index in [1.807, 2.05) is 6.07 Å². The first kappa shape index (κ1) is 14.1. The van der Waals surface area contributed by atoms with Gasteiger partial charge in [0, 0.05) is 36.4 Å². The van der Waals surface area contributed by atoms with Crippen LogP contribution in [0.5, 0.6) is 0 Å². The minimum absolute atomic E-state index is 0.328. The van der Waals surface area contributed by atoms with Gasteiger partial charge in [-0.15, -0.1) is 0 Å². The molecular weight excluding hydrogens is 262 g/mol. The molecule has 0 unspecified atom stereocenters. The van der Waals surface area contributed by atoms with Crippen LogP contribution < -0.4 is 16.0 Å². The molecule has 0 saturated carbocycles. The molecule has 1 heterocycles. The molecule has 0 radical (unpaired) electrons. The number of hydrogen-bond acceptors (Lipinski definition) is 3. The second kappa shape index (κ2) is 5.19. The van der Waals surface area contributed by atoms with E-state index in [0.29, 0.717) is 11.6 Å². The van der Waals surface area contributed by atoms with Crippen LogP contribution in [0.1, 0.15) is 41.8 Å². The van der Waals surface area contributed by atoms with E-state index in [-0.39, 0.29) is 5.91 Å². The van der Waals surface area contributed by atoms with Crippen molar-refractivity contribution in [2.45, 2.75) is 32.7 Å². The minimum Gasteiger partial charge on any atom is -0.370 e. The highest BCUT2D eigenvalue weighted by Gasteiger charge is 2.28. The molecule has 1 atom stereocenters. The molecule has 1 fully saturated rings. The zero-order valence-corrected chi connectivity index (χ0v) is 13.0. The molecule has 3 N–H and O–H groups in total. The number of rotatable bonds is 3. The van der Waals surface area contributed by atoms with E-state index in [4.69, 9.17) is 5.73 Å². The highest BCUT2D eigenvalue weighted by molar-refractivity contribution is 5.99. The molecule has 0 bridgehead atoms. The monoisotopic (exact) mass is 285 g/mol. The number of nitrogens with two attached hydrogens (primary N) is 1. The van der Waals surface area contributed by atoms with Crippen LogP contribution in [0.2, 0.25) is 0 Å². The van der Waals surface area contributed by atoms with Crippen LogP contribution in [-0.2, 0) is 6.42 Å². The number of amides is 1. The Labute approximate surface area is 126 Å². The van der Waals surface area contributed by atoms with Gasteiger partial charge in [0.2, 0.25) is 5.91 Å². The molecule has 21 heavy (non-hydrogen) atoms. The Morgan fingerprint density at radius 1 is 1.38 bits per heavy atom. The predicted molar refractivity (Wildman–Crippen MR) is 86.6 cm³/mol. The van der Waals surface area contributed by atoms with Crippen molar-refractivity contribution in [1.29, 1.82) is 0 Å². The second-order valence-electron chi connectivity index (χ2n) is 6.19. The number of nitrogens with one attached hydrogen (secondary N) is 1. The van der Waals surface area contributed by atoms with Crippen LogP contribution in [0.4, 0.5) is 5.69 Å². The van der Waals surface area contributed by atoms with Gasteiger partial charge in [-0.3, -0.25) is 4.79 Å². The molecule has 112 valence electrons. The summed E-state index contributed by atoms with van der Waals surface area (Å²) in [6.07, 6.45) is 1.99. The van der Waals surface area contributed by atoms with Gasteiger partial charge < -0.3 is 16.0 Å². The normalized spacial score (nSPS) is 20.8. The van der Waals surface area contributed by atoms with Crippen LogP contribution >= 0.6 is 0 Å². The lowest BCUT2D eigenvalue weighted by molar-refractivity contribution is 0.0999. The molecule has 1 aromatic rings. The molecule has 1 aliphatic carbocycles. The fourth-order valence-corrected chi connectivity index (χ4v) is 3.54. The number of fused-ring (bicyclic) bond motifs is 1. The van der Waals surface area contributed by atoms with Gasteiger partial charge >= 0.3 is 0 Å². The van der Waals surface area contributed by atoms with Crippen molar-refractivity contribution in [1.82, 2.24) is 5.32 Å². The first-order valence-corrected chi connectivity index (χ1v) is 7.56. The Morgan fingerprint density at radius 3 is 2.76 bits per heavy atom. The second-order valence-corrected chi connectivity index (χ2v) is 6.19. The highest BCUT2D eigenvalue weighted by atomic mass is 16.1. The first-order valence-electron chi connectivity index (χ1n) is 7.56. The zero-order chi connectivity index (χ0) is 15.1. The van der Waals surface area contributed by atoms with E-state index < -0.39 is 0 Å². The lowest BCUT2D eigenvalue weighted by atomic mass is 9.97. The summed E-state index contributed by atoms with van der Waals surface area (Å²) in [5.41, 5.74) is 12.4. The van der Waals surface area contributed by atoms with Gasteiger partial charge in [-0.2, -0.15) is 0 Å². The summed E-state index contributed by atoms with van der Waals surface area (Å²) in [6, 6.07) is 4.46. The Morgan fingerprint density at radius 2 is 2.14 bits per heavy atom. The number of carbonyl (C=O) groups excluding carboxylic acids is 1. The highest BCUT2D eigenvalue weighted by Crippen LogP contribution is 2.41. The van der Waals surface area contributed by atoms with E-state index in [0.717, 1.165) is 31.5 Å². The summed E-state index contributed by atoms with van der Waals surface area (Å²) < 4.78 is 0. The van der Waals surface area contributed by atoms with Crippen molar-refractivity contribution >= 4 is 17.2 Å². The predicted octanol–water partition coefficient (Wildman–Crippen LogP) is 1.93. The van der Waals surface area contributed by atoms with Crippen LogP contribution in [-0.4, -0.2) is 32.1 Å². The maximum absolute atomic E-state index is 11.7. The van der Waals surface area contributed by atoms with E-state index in [1.54, 1.807) is 0 Å².